The van der Waals surface area contributed by atoms with Crippen LogP contribution in [0.15, 0.2) is 4.79 Å². The SMILES string of the molecule is Cc1nc(=O)[nH]c(C)c1CC(=O)NCC1CCCCC1O. The lowest BCUT2D eigenvalue weighted by molar-refractivity contribution is -0.120. The van der Waals surface area contributed by atoms with E-state index in [9.17, 15) is 14.7 Å². The normalized spacial score (nSPS) is 22.0. The molecule has 0 bridgehead atoms. The van der Waals surface area contributed by atoms with Gasteiger partial charge in [-0.1, -0.05) is 12.8 Å². The van der Waals surface area contributed by atoms with Crippen LogP contribution in [0.5, 0.6) is 0 Å². The summed E-state index contributed by atoms with van der Waals surface area (Å²) in [7, 11) is 0. The minimum atomic E-state index is -0.389. The molecule has 2 rings (SSSR count). The molecule has 1 amide bonds. The fraction of sp³-hybridized carbons (Fsp3) is 0.667. The highest BCUT2D eigenvalue weighted by atomic mass is 16.3. The number of amides is 1. The van der Waals surface area contributed by atoms with Crippen LogP contribution in [0.4, 0.5) is 0 Å². The van der Waals surface area contributed by atoms with Crippen molar-refractivity contribution in [2.45, 2.75) is 52.1 Å². The Hall–Kier alpha value is -1.69. The molecule has 0 radical (unpaired) electrons. The Bertz CT molecular complexity index is 542. The number of aliphatic hydroxyl groups is 1. The van der Waals surface area contributed by atoms with Gasteiger partial charge in [0, 0.05) is 29.4 Å². The molecule has 2 atom stereocenters. The van der Waals surface area contributed by atoms with E-state index >= 15 is 0 Å². The van der Waals surface area contributed by atoms with E-state index in [4.69, 9.17) is 0 Å². The van der Waals surface area contributed by atoms with Crippen molar-refractivity contribution >= 4 is 5.91 Å². The molecule has 1 aliphatic rings. The van der Waals surface area contributed by atoms with Gasteiger partial charge in [0.1, 0.15) is 0 Å². The van der Waals surface area contributed by atoms with Gasteiger partial charge in [0.15, 0.2) is 0 Å². The molecule has 0 saturated heterocycles. The molecule has 1 aromatic heterocycles. The van der Waals surface area contributed by atoms with E-state index in [1.54, 1.807) is 13.8 Å². The van der Waals surface area contributed by atoms with Crippen LogP contribution < -0.4 is 11.0 Å². The van der Waals surface area contributed by atoms with E-state index < -0.39 is 0 Å². The third-order valence-corrected chi connectivity index (χ3v) is 4.22. The van der Waals surface area contributed by atoms with Gasteiger partial charge in [-0.05, 0) is 26.7 Å². The van der Waals surface area contributed by atoms with Crippen molar-refractivity contribution in [2.24, 2.45) is 5.92 Å². The molecule has 6 nitrogen and oxygen atoms in total. The number of nitrogens with zero attached hydrogens (tertiary/aromatic N) is 1. The summed E-state index contributed by atoms with van der Waals surface area (Å²) in [4.78, 5) is 29.7. The lowest BCUT2D eigenvalue weighted by Crippen LogP contribution is -2.37. The number of aryl methyl sites for hydroxylation is 2. The highest BCUT2D eigenvalue weighted by molar-refractivity contribution is 5.79. The lowest BCUT2D eigenvalue weighted by Gasteiger charge is -2.27. The maximum Gasteiger partial charge on any atom is 0.345 e. The van der Waals surface area contributed by atoms with E-state index in [-0.39, 0.29) is 30.0 Å². The third-order valence-electron chi connectivity index (χ3n) is 4.22. The number of aromatic amines is 1. The first-order chi connectivity index (χ1) is 9.97. The minimum absolute atomic E-state index is 0.104. The van der Waals surface area contributed by atoms with Gasteiger partial charge in [-0.3, -0.25) is 4.79 Å². The first-order valence-corrected chi connectivity index (χ1v) is 7.48. The van der Waals surface area contributed by atoms with Crippen molar-refractivity contribution in [3.8, 4) is 0 Å². The first kappa shape index (κ1) is 15.7. The third kappa shape index (κ3) is 4.14. The summed E-state index contributed by atoms with van der Waals surface area (Å²) in [5.41, 5.74) is 1.64. The highest BCUT2D eigenvalue weighted by Gasteiger charge is 2.23. The Labute approximate surface area is 124 Å². The second-order valence-electron chi connectivity index (χ2n) is 5.82. The number of aliphatic hydroxyl groups excluding tert-OH is 1. The Morgan fingerprint density at radius 1 is 1.38 bits per heavy atom. The molecule has 1 aliphatic carbocycles. The Morgan fingerprint density at radius 3 is 2.76 bits per heavy atom. The number of rotatable bonds is 4. The molecule has 0 aliphatic heterocycles. The van der Waals surface area contributed by atoms with E-state index in [0.29, 0.717) is 17.9 Å². The van der Waals surface area contributed by atoms with Crippen molar-refractivity contribution in [1.29, 1.82) is 0 Å². The number of hydrogen-bond acceptors (Lipinski definition) is 4. The number of hydrogen-bond donors (Lipinski definition) is 3. The van der Waals surface area contributed by atoms with E-state index in [2.05, 4.69) is 15.3 Å². The van der Waals surface area contributed by atoms with Crippen molar-refractivity contribution in [3.05, 3.63) is 27.4 Å². The molecule has 2 unspecified atom stereocenters. The summed E-state index contributed by atoms with van der Waals surface area (Å²) in [6.45, 7) is 4.01. The molecular weight excluding hydrogens is 270 g/mol. The quantitative estimate of drug-likeness (QED) is 0.757. The summed E-state index contributed by atoms with van der Waals surface area (Å²) in [5, 5.41) is 12.8. The zero-order valence-corrected chi connectivity index (χ0v) is 12.6. The monoisotopic (exact) mass is 293 g/mol. The lowest BCUT2D eigenvalue weighted by atomic mass is 9.86. The van der Waals surface area contributed by atoms with Gasteiger partial charge in [-0.25, -0.2) is 4.79 Å². The topological polar surface area (TPSA) is 95.1 Å². The second-order valence-corrected chi connectivity index (χ2v) is 5.82. The molecule has 0 spiro atoms. The Morgan fingerprint density at radius 2 is 2.10 bits per heavy atom. The van der Waals surface area contributed by atoms with Gasteiger partial charge < -0.3 is 15.4 Å². The van der Waals surface area contributed by atoms with Crippen LogP contribution in [0.3, 0.4) is 0 Å². The van der Waals surface area contributed by atoms with Crippen molar-refractivity contribution in [3.63, 3.8) is 0 Å². The summed E-state index contributed by atoms with van der Waals surface area (Å²) in [5.74, 6) is 0.0476. The van der Waals surface area contributed by atoms with Gasteiger partial charge in [-0.2, -0.15) is 4.98 Å². The van der Waals surface area contributed by atoms with Crippen molar-refractivity contribution in [1.82, 2.24) is 15.3 Å². The molecular formula is C15H23N3O3. The smallest absolute Gasteiger partial charge is 0.345 e. The Balaban J connectivity index is 1.91. The van der Waals surface area contributed by atoms with E-state index in [1.807, 2.05) is 0 Å². The second kappa shape index (κ2) is 6.85. The van der Waals surface area contributed by atoms with Crippen LogP contribution in [0.2, 0.25) is 0 Å². The van der Waals surface area contributed by atoms with Crippen LogP contribution in [-0.2, 0) is 11.2 Å². The predicted molar refractivity (Wildman–Crippen MR) is 79.0 cm³/mol. The van der Waals surface area contributed by atoms with Crippen molar-refractivity contribution in [2.75, 3.05) is 6.54 Å². The summed E-state index contributed by atoms with van der Waals surface area (Å²) in [6, 6.07) is 0. The summed E-state index contributed by atoms with van der Waals surface area (Å²) < 4.78 is 0. The minimum Gasteiger partial charge on any atom is -0.393 e. The van der Waals surface area contributed by atoms with Crippen LogP contribution in [0.25, 0.3) is 0 Å². The predicted octanol–water partition coefficient (Wildman–Crippen LogP) is 0.597. The molecule has 21 heavy (non-hydrogen) atoms. The zero-order chi connectivity index (χ0) is 15.4. The number of nitrogens with one attached hydrogen (secondary N) is 2. The maximum atomic E-state index is 12.0. The molecule has 0 aromatic carbocycles. The van der Waals surface area contributed by atoms with Crippen LogP contribution >= 0.6 is 0 Å². The average Bonchev–Trinajstić information content (AvgIpc) is 2.42. The van der Waals surface area contributed by atoms with Crippen LogP contribution in [0.1, 0.15) is 42.6 Å². The Kier molecular flexibility index (Phi) is 5.12. The fourth-order valence-electron chi connectivity index (χ4n) is 2.91. The van der Waals surface area contributed by atoms with Gasteiger partial charge >= 0.3 is 5.69 Å². The average molecular weight is 293 g/mol. The summed E-state index contributed by atoms with van der Waals surface area (Å²) in [6.07, 6.45) is 3.84. The highest BCUT2D eigenvalue weighted by Crippen LogP contribution is 2.23. The molecule has 1 fully saturated rings. The van der Waals surface area contributed by atoms with Gasteiger partial charge in [0.25, 0.3) is 0 Å². The zero-order valence-electron chi connectivity index (χ0n) is 12.6. The standard InChI is InChI=1S/C15H23N3O3/c1-9-12(10(2)18-15(21)17-9)7-14(20)16-8-11-5-3-4-6-13(11)19/h11,13,19H,3-8H2,1-2H3,(H,16,20)(H,17,18,21). The van der Waals surface area contributed by atoms with E-state index in [0.717, 1.165) is 31.2 Å². The first-order valence-electron chi connectivity index (χ1n) is 7.48. The van der Waals surface area contributed by atoms with Gasteiger partial charge in [-0.15, -0.1) is 0 Å². The maximum absolute atomic E-state index is 12.0. The molecule has 3 N–H and O–H groups in total. The number of aromatic nitrogens is 2. The fourth-order valence-corrected chi connectivity index (χ4v) is 2.91. The van der Waals surface area contributed by atoms with Crippen LogP contribution in [0, 0.1) is 19.8 Å². The number of H-pyrrole nitrogens is 1. The number of carbonyl (C=O) groups excluding carboxylic acids is 1. The van der Waals surface area contributed by atoms with Crippen molar-refractivity contribution < 1.29 is 9.90 Å². The molecule has 1 heterocycles. The van der Waals surface area contributed by atoms with Gasteiger partial charge in [0.05, 0.1) is 12.5 Å². The summed E-state index contributed by atoms with van der Waals surface area (Å²) >= 11 is 0. The number of carbonyl (C=O) groups is 1. The molecule has 6 heteroatoms. The van der Waals surface area contributed by atoms with Crippen LogP contribution in [-0.4, -0.2) is 33.6 Å². The molecule has 116 valence electrons. The largest absolute Gasteiger partial charge is 0.393 e. The molecule has 1 aromatic rings. The molecule has 1 saturated carbocycles. The van der Waals surface area contributed by atoms with Gasteiger partial charge in [0.2, 0.25) is 5.91 Å². The van der Waals surface area contributed by atoms with E-state index in [1.165, 1.54) is 0 Å².